The lowest BCUT2D eigenvalue weighted by Gasteiger charge is -2.37. The molecule has 1 saturated heterocycles. The number of rotatable bonds is 7. The van der Waals surface area contributed by atoms with E-state index >= 15 is 0 Å². The topological polar surface area (TPSA) is 99.1 Å². The number of aryl methyl sites for hydroxylation is 2. The van der Waals surface area contributed by atoms with E-state index in [0.717, 1.165) is 29.1 Å². The van der Waals surface area contributed by atoms with E-state index in [2.05, 4.69) is 39.3 Å². The number of hydrogen-bond acceptors (Lipinski definition) is 8. The molecule has 1 amide bonds. The predicted octanol–water partition coefficient (Wildman–Crippen LogP) is 6.91. The Morgan fingerprint density at radius 1 is 1.24 bits per heavy atom. The molecule has 1 saturated carbocycles. The molecule has 1 aliphatic carbocycles. The van der Waals surface area contributed by atoms with Gasteiger partial charge in [-0.05, 0) is 69.9 Å². The summed E-state index contributed by atoms with van der Waals surface area (Å²) in [7, 11) is 1.53. The Morgan fingerprint density at radius 3 is 2.63 bits per heavy atom. The third kappa shape index (κ3) is 6.87. The molecule has 38 heavy (non-hydrogen) atoms. The number of nitrogens with zero attached hydrogens (tertiary/aromatic N) is 4. The standard InChI is InChI=1S/C16H14ClN5O2S.C12H22O/c1-8-4-10(11-5-14(17)19-7-13(11)24-3)12(6-18-8)15(23)20-16-22-21-9(2)25-16;1-3-10(2)7-11-8-12(13-9-11)5-4-6-12/h4-7H,1-3H3,(H,20,22,23);10-11H,3-9H2,1-2H3. The fourth-order valence-corrected chi connectivity index (χ4v) is 5.76. The maximum absolute atomic E-state index is 12.7. The Morgan fingerprint density at radius 2 is 2.03 bits per heavy atom. The summed E-state index contributed by atoms with van der Waals surface area (Å²) >= 11 is 7.32. The molecule has 2 atom stereocenters. The Bertz CT molecular complexity index is 1260. The van der Waals surface area contributed by atoms with Crippen molar-refractivity contribution in [1.82, 2.24) is 20.2 Å². The van der Waals surface area contributed by atoms with Crippen LogP contribution in [0, 0.1) is 25.7 Å². The van der Waals surface area contributed by atoms with E-state index in [-0.39, 0.29) is 5.91 Å². The van der Waals surface area contributed by atoms with E-state index in [0.29, 0.717) is 38.3 Å². The number of pyridine rings is 2. The first kappa shape index (κ1) is 28.4. The second-order valence-corrected chi connectivity index (χ2v) is 11.9. The molecule has 4 heterocycles. The summed E-state index contributed by atoms with van der Waals surface area (Å²) < 4.78 is 11.3. The van der Waals surface area contributed by atoms with Crippen molar-refractivity contribution in [3.63, 3.8) is 0 Å². The van der Waals surface area contributed by atoms with E-state index in [1.54, 1.807) is 12.1 Å². The van der Waals surface area contributed by atoms with Gasteiger partial charge < -0.3 is 9.47 Å². The van der Waals surface area contributed by atoms with Crippen LogP contribution in [0.5, 0.6) is 5.75 Å². The average Bonchev–Trinajstić information content (AvgIpc) is 3.50. The molecule has 3 aromatic rings. The number of anilines is 1. The van der Waals surface area contributed by atoms with Crippen LogP contribution in [-0.2, 0) is 4.74 Å². The van der Waals surface area contributed by atoms with E-state index in [1.807, 2.05) is 13.8 Å². The molecule has 5 rings (SSSR count). The van der Waals surface area contributed by atoms with Crippen molar-refractivity contribution >= 4 is 34.0 Å². The zero-order valence-electron chi connectivity index (χ0n) is 22.7. The molecule has 8 nitrogen and oxygen atoms in total. The quantitative estimate of drug-likeness (QED) is 0.315. The minimum absolute atomic E-state index is 0.302. The van der Waals surface area contributed by atoms with Gasteiger partial charge in [0.1, 0.15) is 15.9 Å². The molecule has 2 unspecified atom stereocenters. The molecular weight excluding hydrogens is 522 g/mol. The summed E-state index contributed by atoms with van der Waals surface area (Å²) in [6.45, 7) is 9.36. The molecule has 1 N–H and O–H groups in total. The van der Waals surface area contributed by atoms with Gasteiger partial charge in [-0.1, -0.05) is 43.2 Å². The van der Waals surface area contributed by atoms with Crippen molar-refractivity contribution in [2.24, 2.45) is 11.8 Å². The maximum Gasteiger partial charge on any atom is 0.259 e. The SMILES string of the molecule is CCC(C)CC1COC2(CCC2)C1.COc1cnc(Cl)cc1-c1cc(C)ncc1C(=O)Nc1nnc(C)s1. The molecule has 1 spiro atoms. The number of halogens is 1. The minimum atomic E-state index is -0.339. The van der Waals surface area contributed by atoms with Crippen molar-refractivity contribution in [3.05, 3.63) is 45.9 Å². The average molecular weight is 558 g/mol. The number of nitrogens with one attached hydrogen (secondary N) is 1. The van der Waals surface area contributed by atoms with Crippen LogP contribution >= 0.6 is 22.9 Å². The normalized spacial score (nSPS) is 18.3. The smallest absolute Gasteiger partial charge is 0.259 e. The van der Waals surface area contributed by atoms with Crippen LogP contribution in [-0.4, -0.2) is 45.4 Å². The van der Waals surface area contributed by atoms with Gasteiger partial charge >= 0.3 is 0 Å². The van der Waals surface area contributed by atoms with Crippen LogP contribution < -0.4 is 10.1 Å². The molecule has 1 aliphatic heterocycles. The van der Waals surface area contributed by atoms with Crippen molar-refractivity contribution < 1.29 is 14.3 Å². The number of carbonyl (C=O) groups excluding carboxylic acids is 1. The van der Waals surface area contributed by atoms with Crippen LogP contribution in [0.2, 0.25) is 5.15 Å². The van der Waals surface area contributed by atoms with Crippen LogP contribution in [0.25, 0.3) is 11.1 Å². The number of aromatic nitrogens is 4. The minimum Gasteiger partial charge on any atom is -0.494 e. The third-order valence-electron chi connectivity index (χ3n) is 7.36. The van der Waals surface area contributed by atoms with E-state index in [4.69, 9.17) is 21.1 Å². The number of amides is 1. The zero-order valence-corrected chi connectivity index (χ0v) is 24.3. The lowest BCUT2D eigenvalue weighted by Crippen LogP contribution is -2.35. The van der Waals surface area contributed by atoms with Crippen molar-refractivity contribution in [3.8, 4) is 16.9 Å². The van der Waals surface area contributed by atoms with Gasteiger partial charge in [0.15, 0.2) is 0 Å². The highest BCUT2D eigenvalue weighted by Gasteiger charge is 2.44. The third-order valence-corrected chi connectivity index (χ3v) is 8.32. The molecule has 2 fully saturated rings. The maximum atomic E-state index is 12.7. The first-order valence-corrected chi connectivity index (χ1v) is 14.3. The van der Waals surface area contributed by atoms with E-state index in [1.165, 1.54) is 69.4 Å². The van der Waals surface area contributed by atoms with Crippen molar-refractivity contribution in [2.45, 2.75) is 71.8 Å². The molecule has 3 aromatic heterocycles. The largest absolute Gasteiger partial charge is 0.494 e. The Labute approximate surface area is 233 Å². The van der Waals surface area contributed by atoms with Gasteiger partial charge in [-0.2, -0.15) is 0 Å². The lowest BCUT2D eigenvalue weighted by molar-refractivity contribution is -0.0565. The highest BCUT2D eigenvalue weighted by molar-refractivity contribution is 7.15. The summed E-state index contributed by atoms with van der Waals surface area (Å²) in [6.07, 6.45) is 11.2. The molecule has 2 aliphatic rings. The second kappa shape index (κ2) is 12.5. The van der Waals surface area contributed by atoms with Gasteiger partial charge in [0.25, 0.3) is 5.91 Å². The molecule has 0 radical (unpaired) electrons. The lowest BCUT2D eigenvalue weighted by atomic mass is 9.75. The Hall–Kier alpha value is -2.62. The highest BCUT2D eigenvalue weighted by atomic mass is 35.5. The van der Waals surface area contributed by atoms with Gasteiger partial charge in [0.05, 0.1) is 31.1 Å². The molecule has 0 aromatic carbocycles. The van der Waals surface area contributed by atoms with Gasteiger partial charge in [-0.15, -0.1) is 10.2 Å². The Balaban J connectivity index is 0.000000216. The van der Waals surface area contributed by atoms with Gasteiger partial charge in [0, 0.05) is 23.0 Å². The fraction of sp³-hybridized carbons (Fsp3) is 0.536. The number of methoxy groups -OCH3 is 1. The Kier molecular flexibility index (Phi) is 9.33. The first-order valence-electron chi connectivity index (χ1n) is 13.1. The van der Waals surface area contributed by atoms with Crippen molar-refractivity contribution in [1.29, 1.82) is 0 Å². The fourth-order valence-electron chi connectivity index (χ4n) is 5.01. The number of ether oxygens (including phenoxy) is 2. The number of hydrogen-bond donors (Lipinski definition) is 1. The first-order chi connectivity index (χ1) is 18.2. The summed E-state index contributed by atoms with van der Waals surface area (Å²) in [5.41, 5.74) is 2.81. The van der Waals surface area contributed by atoms with E-state index < -0.39 is 0 Å². The molecule has 10 heteroatoms. The van der Waals surface area contributed by atoms with Crippen LogP contribution in [0.3, 0.4) is 0 Å². The van der Waals surface area contributed by atoms with Crippen LogP contribution in [0.4, 0.5) is 5.13 Å². The number of carbonyl (C=O) groups is 1. The van der Waals surface area contributed by atoms with Gasteiger partial charge in [-0.3, -0.25) is 15.1 Å². The summed E-state index contributed by atoms with van der Waals surface area (Å²) in [5.74, 6) is 1.93. The van der Waals surface area contributed by atoms with E-state index in [9.17, 15) is 4.79 Å². The monoisotopic (exact) mass is 557 g/mol. The highest BCUT2D eigenvalue weighted by Crippen LogP contribution is 2.46. The summed E-state index contributed by atoms with van der Waals surface area (Å²) in [4.78, 5) is 21.0. The van der Waals surface area contributed by atoms with Crippen molar-refractivity contribution in [2.75, 3.05) is 19.0 Å². The van der Waals surface area contributed by atoms with Gasteiger partial charge in [-0.25, -0.2) is 4.98 Å². The second-order valence-electron chi connectivity index (χ2n) is 10.3. The van der Waals surface area contributed by atoms with Crippen LogP contribution in [0.15, 0.2) is 24.5 Å². The van der Waals surface area contributed by atoms with Gasteiger partial charge in [0.2, 0.25) is 5.13 Å². The molecule has 204 valence electrons. The molecule has 0 bridgehead atoms. The predicted molar refractivity (Wildman–Crippen MR) is 151 cm³/mol. The zero-order chi connectivity index (χ0) is 27.3. The molecular formula is C28H36ClN5O3S. The van der Waals surface area contributed by atoms with Crippen LogP contribution in [0.1, 0.15) is 73.4 Å². The summed E-state index contributed by atoms with van der Waals surface area (Å²) in [6, 6.07) is 3.45. The summed E-state index contributed by atoms with van der Waals surface area (Å²) in [5, 5.41) is 12.0.